The van der Waals surface area contributed by atoms with Crippen LogP contribution in [-0.2, 0) is 31.9 Å². The van der Waals surface area contributed by atoms with Crippen LogP contribution in [0.4, 0.5) is 4.79 Å². The average Bonchev–Trinajstić information content (AvgIpc) is 2.77. The van der Waals surface area contributed by atoms with Crippen molar-refractivity contribution < 1.29 is 28.6 Å². The van der Waals surface area contributed by atoms with Crippen LogP contribution in [0.5, 0.6) is 5.75 Å². The lowest BCUT2D eigenvalue weighted by atomic mass is 10.0. The third-order valence-electron chi connectivity index (χ3n) is 4.69. The molecule has 0 aliphatic carbocycles. The molecule has 2 aromatic rings. The smallest absolute Gasteiger partial charge is 0.408 e. The van der Waals surface area contributed by atoms with Gasteiger partial charge in [0.05, 0.1) is 14.2 Å². The number of carbonyl (C=O) groups is 3. The van der Waals surface area contributed by atoms with Gasteiger partial charge in [0, 0.05) is 12.8 Å². The van der Waals surface area contributed by atoms with Gasteiger partial charge in [-0.15, -0.1) is 0 Å². The molecule has 0 radical (unpaired) electrons. The molecule has 2 amide bonds. The van der Waals surface area contributed by atoms with Crippen molar-refractivity contribution in [1.29, 1.82) is 0 Å². The van der Waals surface area contributed by atoms with Gasteiger partial charge in [-0.2, -0.15) is 0 Å². The van der Waals surface area contributed by atoms with Crippen molar-refractivity contribution >= 4 is 18.0 Å². The van der Waals surface area contributed by atoms with Crippen LogP contribution in [0.1, 0.15) is 31.9 Å². The zero-order valence-corrected chi connectivity index (χ0v) is 19.7. The highest BCUT2D eigenvalue weighted by atomic mass is 16.6. The molecular formula is C25H32N2O6. The molecule has 33 heavy (non-hydrogen) atoms. The standard InChI is InChI=1S/C25H32N2O6/c1-25(2,3)33-24(30)27-20(15-18-11-13-19(31-4)14-12-18)22(28)26-21(23(29)32-5)16-17-9-7-6-8-10-17/h6-14,20-21H,15-16H2,1-5H3,(H,26,28)(H,27,30). The second kappa shape index (κ2) is 11.9. The van der Waals surface area contributed by atoms with Crippen molar-refractivity contribution in [1.82, 2.24) is 10.6 Å². The van der Waals surface area contributed by atoms with Gasteiger partial charge in [-0.3, -0.25) is 4.79 Å². The molecule has 8 nitrogen and oxygen atoms in total. The summed E-state index contributed by atoms with van der Waals surface area (Å²) < 4.78 is 15.4. The quantitative estimate of drug-likeness (QED) is 0.563. The Hall–Kier alpha value is -3.55. The Labute approximate surface area is 194 Å². The number of alkyl carbamates (subject to hydrolysis) is 1. The molecule has 2 aromatic carbocycles. The van der Waals surface area contributed by atoms with Crippen molar-refractivity contribution in [2.75, 3.05) is 14.2 Å². The Morgan fingerprint density at radius 3 is 1.94 bits per heavy atom. The number of methoxy groups -OCH3 is 2. The van der Waals surface area contributed by atoms with Gasteiger partial charge in [-0.1, -0.05) is 42.5 Å². The zero-order chi connectivity index (χ0) is 24.4. The second-order valence-electron chi connectivity index (χ2n) is 8.53. The van der Waals surface area contributed by atoms with Crippen LogP contribution >= 0.6 is 0 Å². The summed E-state index contributed by atoms with van der Waals surface area (Å²) in [6.45, 7) is 5.20. The van der Waals surface area contributed by atoms with Gasteiger partial charge in [0.25, 0.3) is 0 Å². The molecule has 0 aliphatic heterocycles. The number of nitrogens with one attached hydrogen (secondary N) is 2. The molecule has 0 aliphatic rings. The van der Waals surface area contributed by atoms with E-state index in [0.717, 1.165) is 11.1 Å². The normalized spacial score (nSPS) is 12.8. The van der Waals surface area contributed by atoms with E-state index in [9.17, 15) is 14.4 Å². The van der Waals surface area contributed by atoms with E-state index in [4.69, 9.17) is 14.2 Å². The van der Waals surface area contributed by atoms with E-state index in [1.165, 1.54) is 7.11 Å². The molecule has 0 saturated heterocycles. The molecule has 0 saturated carbocycles. The minimum Gasteiger partial charge on any atom is -0.497 e. The summed E-state index contributed by atoms with van der Waals surface area (Å²) in [5.74, 6) is -0.427. The van der Waals surface area contributed by atoms with Crippen LogP contribution in [0, 0.1) is 0 Å². The van der Waals surface area contributed by atoms with Crippen molar-refractivity contribution in [3.05, 3.63) is 65.7 Å². The van der Waals surface area contributed by atoms with Crippen LogP contribution in [0.15, 0.2) is 54.6 Å². The average molecular weight is 457 g/mol. The Morgan fingerprint density at radius 2 is 1.39 bits per heavy atom. The van der Waals surface area contributed by atoms with E-state index in [0.29, 0.717) is 5.75 Å². The van der Waals surface area contributed by atoms with Crippen molar-refractivity contribution in [2.45, 2.75) is 51.3 Å². The summed E-state index contributed by atoms with van der Waals surface area (Å²) in [5.41, 5.74) is 0.928. The highest BCUT2D eigenvalue weighted by Gasteiger charge is 2.29. The van der Waals surface area contributed by atoms with E-state index >= 15 is 0 Å². The molecular weight excluding hydrogens is 424 g/mol. The third-order valence-corrected chi connectivity index (χ3v) is 4.69. The Balaban J connectivity index is 2.21. The third kappa shape index (κ3) is 8.84. The number of benzene rings is 2. The molecule has 0 fully saturated rings. The minimum absolute atomic E-state index is 0.189. The number of esters is 1. The van der Waals surface area contributed by atoms with Crippen LogP contribution in [0.2, 0.25) is 0 Å². The molecule has 2 atom stereocenters. The Morgan fingerprint density at radius 1 is 0.818 bits per heavy atom. The second-order valence-corrected chi connectivity index (χ2v) is 8.53. The first-order chi connectivity index (χ1) is 15.6. The molecule has 0 aromatic heterocycles. The van der Waals surface area contributed by atoms with Gasteiger partial charge in [0.2, 0.25) is 5.91 Å². The predicted molar refractivity (Wildman–Crippen MR) is 124 cm³/mol. The van der Waals surface area contributed by atoms with Gasteiger partial charge in [-0.25, -0.2) is 9.59 Å². The highest BCUT2D eigenvalue weighted by molar-refractivity contribution is 5.90. The SMILES string of the molecule is COC(=O)C(Cc1ccccc1)NC(=O)C(Cc1ccc(OC)cc1)NC(=O)OC(C)(C)C. The highest BCUT2D eigenvalue weighted by Crippen LogP contribution is 2.14. The zero-order valence-electron chi connectivity index (χ0n) is 19.7. The molecule has 0 spiro atoms. The van der Waals surface area contributed by atoms with Gasteiger partial charge < -0.3 is 24.8 Å². The van der Waals surface area contributed by atoms with Gasteiger partial charge in [0.15, 0.2) is 0 Å². The number of carbonyl (C=O) groups excluding carboxylic acids is 3. The topological polar surface area (TPSA) is 103 Å². The van der Waals surface area contributed by atoms with Crippen LogP contribution in [-0.4, -0.2) is 49.9 Å². The first-order valence-corrected chi connectivity index (χ1v) is 10.7. The summed E-state index contributed by atoms with van der Waals surface area (Å²) in [5, 5.41) is 5.34. The summed E-state index contributed by atoms with van der Waals surface area (Å²) in [6, 6.07) is 14.5. The van der Waals surface area contributed by atoms with Gasteiger partial charge in [0.1, 0.15) is 23.4 Å². The number of hydrogen-bond acceptors (Lipinski definition) is 6. The summed E-state index contributed by atoms with van der Waals surface area (Å²) in [7, 11) is 2.83. The lowest BCUT2D eigenvalue weighted by Gasteiger charge is -2.25. The fraction of sp³-hybridized carbons (Fsp3) is 0.400. The van der Waals surface area contributed by atoms with E-state index in [1.807, 2.05) is 30.3 Å². The summed E-state index contributed by atoms with van der Waals surface area (Å²) in [4.78, 5) is 37.9. The van der Waals surface area contributed by atoms with Crippen molar-refractivity contribution in [3.8, 4) is 5.75 Å². The maximum absolute atomic E-state index is 13.2. The Kier molecular flexibility index (Phi) is 9.27. The fourth-order valence-electron chi connectivity index (χ4n) is 3.11. The van der Waals surface area contributed by atoms with E-state index < -0.39 is 35.7 Å². The monoisotopic (exact) mass is 456 g/mol. The van der Waals surface area contributed by atoms with Crippen LogP contribution < -0.4 is 15.4 Å². The molecule has 0 bridgehead atoms. The first kappa shape index (κ1) is 25.7. The molecule has 178 valence electrons. The van der Waals surface area contributed by atoms with Crippen molar-refractivity contribution in [3.63, 3.8) is 0 Å². The van der Waals surface area contributed by atoms with Crippen LogP contribution in [0.25, 0.3) is 0 Å². The molecule has 0 heterocycles. The van der Waals surface area contributed by atoms with Crippen molar-refractivity contribution in [2.24, 2.45) is 0 Å². The van der Waals surface area contributed by atoms with Crippen LogP contribution in [0.3, 0.4) is 0 Å². The summed E-state index contributed by atoms with van der Waals surface area (Å²) >= 11 is 0. The lowest BCUT2D eigenvalue weighted by Crippen LogP contribution is -2.53. The van der Waals surface area contributed by atoms with Gasteiger partial charge in [-0.05, 0) is 44.0 Å². The summed E-state index contributed by atoms with van der Waals surface area (Å²) in [6.07, 6.45) is -0.288. The molecule has 2 rings (SSSR count). The Bertz CT molecular complexity index is 922. The molecule has 8 heteroatoms. The lowest BCUT2D eigenvalue weighted by molar-refractivity contribution is -0.145. The maximum Gasteiger partial charge on any atom is 0.408 e. The number of rotatable bonds is 9. The maximum atomic E-state index is 13.2. The van der Waals surface area contributed by atoms with E-state index in [2.05, 4.69) is 10.6 Å². The minimum atomic E-state index is -0.976. The van der Waals surface area contributed by atoms with E-state index in [-0.39, 0.29) is 12.8 Å². The number of ether oxygens (including phenoxy) is 3. The molecule has 2 unspecified atom stereocenters. The van der Waals surface area contributed by atoms with Gasteiger partial charge >= 0.3 is 12.1 Å². The number of amides is 2. The van der Waals surface area contributed by atoms with E-state index in [1.54, 1.807) is 52.1 Å². The predicted octanol–water partition coefficient (Wildman–Crippen LogP) is 3.03. The fourth-order valence-corrected chi connectivity index (χ4v) is 3.11. The molecule has 2 N–H and O–H groups in total. The largest absolute Gasteiger partial charge is 0.497 e. The number of hydrogen-bond donors (Lipinski definition) is 2. The first-order valence-electron chi connectivity index (χ1n) is 10.7.